The molecule has 0 radical (unpaired) electrons. The minimum atomic E-state index is -4.16. The number of fused-ring (bicyclic) bond motifs is 1. The molecule has 0 aliphatic carbocycles. The van der Waals surface area contributed by atoms with E-state index in [9.17, 15) is 13.2 Å². The van der Waals surface area contributed by atoms with Crippen LogP contribution in [0.5, 0.6) is 0 Å². The first kappa shape index (κ1) is 16.6. The minimum Gasteiger partial charge on any atom is -0.355 e. The molecule has 0 fully saturated rings. The van der Waals surface area contributed by atoms with Gasteiger partial charge in [0.25, 0.3) is 0 Å². The summed E-state index contributed by atoms with van der Waals surface area (Å²) in [5, 5.41) is 3.14. The summed E-state index contributed by atoms with van der Waals surface area (Å²) in [5.41, 5.74) is 2.37. The van der Waals surface area contributed by atoms with E-state index >= 15 is 0 Å². The second-order valence-electron chi connectivity index (χ2n) is 5.36. The van der Waals surface area contributed by atoms with Crippen molar-refractivity contribution in [1.29, 1.82) is 0 Å². The molecule has 1 aliphatic heterocycles. The van der Waals surface area contributed by atoms with Crippen molar-refractivity contribution < 1.29 is 13.2 Å². The van der Waals surface area contributed by atoms with Gasteiger partial charge in [0.1, 0.15) is 0 Å². The lowest BCUT2D eigenvalue weighted by Crippen LogP contribution is -2.44. The Morgan fingerprint density at radius 3 is 2.77 bits per heavy atom. The third-order valence-electron chi connectivity index (χ3n) is 3.58. The van der Waals surface area contributed by atoms with Crippen LogP contribution < -0.4 is 10.2 Å². The first-order valence-electron chi connectivity index (χ1n) is 7.22. The molecule has 1 aromatic rings. The normalized spacial score (nSPS) is 15.4. The van der Waals surface area contributed by atoms with E-state index in [1.165, 1.54) is 17.5 Å². The van der Waals surface area contributed by atoms with Gasteiger partial charge in [-0.1, -0.05) is 18.2 Å². The smallest absolute Gasteiger partial charge is 0.355 e. The van der Waals surface area contributed by atoms with Crippen LogP contribution in [0.2, 0.25) is 0 Å². The second kappa shape index (κ2) is 7.00. The zero-order chi connectivity index (χ0) is 16.2. The maximum absolute atomic E-state index is 12.3. The van der Waals surface area contributed by atoms with E-state index in [4.69, 9.17) is 0 Å². The van der Waals surface area contributed by atoms with Crippen LogP contribution in [-0.4, -0.2) is 57.3 Å². The molecule has 2 rings (SSSR count). The van der Waals surface area contributed by atoms with Gasteiger partial charge in [-0.3, -0.25) is 9.89 Å². The maximum atomic E-state index is 12.3. The Balaban J connectivity index is 1.87. The average molecular weight is 314 g/mol. The van der Waals surface area contributed by atoms with E-state index in [2.05, 4.69) is 21.3 Å². The van der Waals surface area contributed by atoms with Crippen molar-refractivity contribution in [3.8, 4) is 0 Å². The number of halogens is 3. The summed E-state index contributed by atoms with van der Waals surface area (Å²) in [6.45, 7) is 0.642. The Kier molecular flexibility index (Phi) is 5.28. The van der Waals surface area contributed by atoms with Gasteiger partial charge in [0.05, 0.1) is 6.54 Å². The quantitative estimate of drug-likeness (QED) is 0.682. The SMILES string of the molecule is CN=C(NCCN(C)CC(F)(F)F)N1CCc2ccccc21. The molecular weight excluding hydrogens is 293 g/mol. The Labute approximate surface area is 128 Å². The van der Waals surface area contributed by atoms with Crippen LogP contribution in [0.3, 0.4) is 0 Å². The fraction of sp³-hybridized carbons (Fsp3) is 0.533. The van der Waals surface area contributed by atoms with Gasteiger partial charge in [0, 0.05) is 32.4 Å². The number of rotatable bonds is 4. The first-order valence-corrected chi connectivity index (χ1v) is 7.22. The molecule has 4 nitrogen and oxygen atoms in total. The molecule has 0 unspecified atom stereocenters. The average Bonchev–Trinajstić information content (AvgIpc) is 2.86. The summed E-state index contributed by atoms with van der Waals surface area (Å²) in [7, 11) is 3.14. The summed E-state index contributed by atoms with van der Waals surface area (Å²) in [5.74, 6) is 0.699. The molecule has 0 saturated heterocycles. The Morgan fingerprint density at radius 2 is 2.09 bits per heavy atom. The van der Waals surface area contributed by atoms with Crippen molar-refractivity contribution in [2.24, 2.45) is 4.99 Å². The van der Waals surface area contributed by atoms with Gasteiger partial charge >= 0.3 is 6.18 Å². The molecule has 0 bridgehead atoms. The van der Waals surface area contributed by atoms with Crippen LogP contribution in [0.15, 0.2) is 29.3 Å². The lowest BCUT2D eigenvalue weighted by atomic mass is 10.2. The number of hydrogen-bond acceptors (Lipinski definition) is 2. The van der Waals surface area contributed by atoms with Gasteiger partial charge in [-0.05, 0) is 25.1 Å². The van der Waals surface area contributed by atoms with Gasteiger partial charge < -0.3 is 10.2 Å². The van der Waals surface area contributed by atoms with E-state index in [0.717, 1.165) is 18.7 Å². The molecule has 22 heavy (non-hydrogen) atoms. The van der Waals surface area contributed by atoms with Crippen LogP contribution in [0, 0.1) is 0 Å². The summed E-state index contributed by atoms with van der Waals surface area (Å²) >= 11 is 0. The molecule has 7 heteroatoms. The number of likely N-dealkylation sites (N-methyl/N-ethyl adjacent to an activating group) is 1. The molecule has 122 valence electrons. The third-order valence-corrected chi connectivity index (χ3v) is 3.58. The van der Waals surface area contributed by atoms with Gasteiger partial charge in [0.15, 0.2) is 5.96 Å². The Hall–Kier alpha value is -1.76. The molecule has 0 spiro atoms. The van der Waals surface area contributed by atoms with Gasteiger partial charge in [-0.25, -0.2) is 0 Å². The molecule has 1 aliphatic rings. The van der Waals surface area contributed by atoms with Crippen LogP contribution >= 0.6 is 0 Å². The lowest BCUT2D eigenvalue weighted by Gasteiger charge is -2.24. The number of benzene rings is 1. The predicted octanol–water partition coefficient (Wildman–Crippen LogP) is 2.12. The number of para-hydroxylation sites is 1. The minimum absolute atomic E-state index is 0.300. The summed E-state index contributed by atoms with van der Waals surface area (Å²) < 4.78 is 36.8. The summed E-state index contributed by atoms with van der Waals surface area (Å²) in [4.78, 5) is 7.55. The molecule has 0 saturated carbocycles. The zero-order valence-corrected chi connectivity index (χ0v) is 12.8. The van der Waals surface area contributed by atoms with Crippen LogP contribution in [0.25, 0.3) is 0 Å². The molecule has 0 aromatic heterocycles. The summed E-state index contributed by atoms with van der Waals surface area (Å²) in [6.07, 6.45) is -3.21. The molecule has 0 atom stereocenters. The molecule has 1 N–H and O–H groups in total. The van der Waals surface area contributed by atoms with E-state index in [1.54, 1.807) is 7.05 Å². The standard InChI is InChI=1S/C15H21F3N4/c1-19-14(20-8-10-21(2)11-15(16,17)18)22-9-7-12-5-3-4-6-13(12)22/h3-6H,7-11H2,1-2H3,(H,19,20). The van der Waals surface area contributed by atoms with Crippen molar-refractivity contribution in [1.82, 2.24) is 10.2 Å². The number of alkyl halides is 3. The Bertz CT molecular complexity index is 528. The lowest BCUT2D eigenvalue weighted by molar-refractivity contribution is -0.142. The number of guanidine groups is 1. The van der Waals surface area contributed by atoms with E-state index in [-0.39, 0.29) is 0 Å². The van der Waals surface area contributed by atoms with Crippen molar-refractivity contribution in [2.75, 3.05) is 45.2 Å². The monoisotopic (exact) mass is 314 g/mol. The van der Waals surface area contributed by atoms with Gasteiger partial charge in [-0.15, -0.1) is 0 Å². The van der Waals surface area contributed by atoms with Crippen molar-refractivity contribution in [2.45, 2.75) is 12.6 Å². The predicted molar refractivity (Wildman–Crippen MR) is 82.4 cm³/mol. The highest BCUT2D eigenvalue weighted by molar-refractivity contribution is 5.97. The molecule has 1 heterocycles. The van der Waals surface area contributed by atoms with Crippen LogP contribution in [0.4, 0.5) is 18.9 Å². The van der Waals surface area contributed by atoms with E-state index in [0.29, 0.717) is 19.0 Å². The third kappa shape index (κ3) is 4.37. The maximum Gasteiger partial charge on any atom is 0.401 e. The van der Waals surface area contributed by atoms with Gasteiger partial charge in [-0.2, -0.15) is 13.2 Å². The second-order valence-corrected chi connectivity index (χ2v) is 5.36. The number of nitrogens with one attached hydrogen (secondary N) is 1. The highest BCUT2D eigenvalue weighted by atomic mass is 19.4. The van der Waals surface area contributed by atoms with Crippen molar-refractivity contribution in [3.63, 3.8) is 0 Å². The van der Waals surface area contributed by atoms with Crippen molar-refractivity contribution in [3.05, 3.63) is 29.8 Å². The summed E-state index contributed by atoms with van der Waals surface area (Å²) in [6, 6.07) is 8.09. The Morgan fingerprint density at radius 1 is 1.36 bits per heavy atom. The number of nitrogens with zero attached hydrogens (tertiary/aromatic N) is 3. The molecule has 0 amide bonds. The molecular formula is C15H21F3N4. The zero-order valence-electron chi connectivity index (χ0n) is 12.8. The fourth-order valence-electron chi connectivity index (χ4n) is 2.60. The van der Waals surface area contributed by atoms with Gasteiger partial charge in [0.2, 0.25) is 0 Å². The van der Waals surface area contributed by atoms with E-state index < -0.39 is 12.7 Å². The fourth-order valence-corrected chi connectivity index (χ4v) is 2.60. The highest BCUT2D eigenvalue weighted by Gasteiger charge is 2.29. The van der Waals surface area contributed by atoms with Crippen LogP contribution in [0.1, 0.15) is 5.56 Å². The van der Waals surface area contributed by atoms with Crippen molar-refractivity contribution >= 4 is 11.6 Å². The van der Waals surface area contributed by atoms with Crippen LogP contribution in [-0.2, 0) is 6.42 Å². The first-order chi connectivity index (χ1) is 10.4. The topological polar surface area (TPSA) is 30.9 Å². The number of aliphatic imine (C=N–C) groups is 1. The molecule has 1 aromatic carbocycles. The number of hydrogen-bond donors (Lipinski definition) is 1. The largest absolute Gasteiger partial charge is 0.401 e. The number of anilines is 1. The highest BCUT2D eigenvalue weighted by Crippen LogP contribution is 2.27. The van der Waals surface area contributed by atoms with E-state index in [1.807, 2.05) is 18.2 Å².